The highest BCUT2D eigenvalue weighted by molar-refractivity contribution is 5.72. The number of ether oxygens (including phenoxy) is 2. The molecule has 0 radical (unpaired) electrons. The molecule has 0 aromatic rings. The third-order valence-electron chi connectivity index (χ3n) is 10.6. The molecule has 0 N–H and O–H groups in total. The van der Waals surface area contributed by atoms with Crippen LogP contribution in [-0.4, -0.2) is 23.6 Å². The fourth-order valence-corrected chi connectivity index (χ4v) is 8.58. The van der Waals surface area contributed by atoms with Gasteiger partial charge in [-0.05, 0) is 93.5 Å². The molecule has 0 bridgehead atoms. The molecule has 0 amide bonds. The van der Waals surface area contributed by atoms with Crippen molar-refractivity contribution in [2.45, 2.75) is 110 Å². The predicted octanol–water partition coefficient (Wildman–Crippen LogP) is 5.98. The van der Waals surface area contributed by atoms with Gasteiger partial charge >= 0.3 is 11.9 Å². The molecule has 1 spiro atoms. The molecule has 172 valence electrons. The minimum atomic E-state index is -0.256. The van der Waals surface area contributed by atoms with E-state index in [1.807, 2.05) is 0 Å². The summed E-state index contributed by atoms with van der Waals surface area (Å²) in [5.41, 5.74) is 1.55. The van der Waals surface area contributed by atoms with Crippen LogP contribution in [0, 0.1) is 34.5 Å². The lowest BCUT2D eigenvalue weighted by Gasteiger charge is -2.49. The molecule has 0 aromatic carbocycles. The summed E-state index contributed by atoms with van der Waals surface area (Å²) >= 11 is 0. The number of rotatable bonds is 1. The number of hydrogen-bond acceptors (Lipinski definition) is 4. The van der Waals surface area contributed by atoms with Crippen molar-refractivity contribution in [2.75, 3.05) is 0 Å². The fourth-order valence-electron chi connectivity index (χ4n) is 8.58. The van der Waals surface area contributed by atoms with Crippen LogP contribution in [0.3, 0.4) is 0 Å². The summed E-state index contributed by atoms with van der Waals surface area (Å²) in [5, 5.41) is 0. The Morgan fingerprint density at radius 2 is 1.87 bits per heavy atom. The van der Waals surface area contributed by atoms with Crippen molar-refractivity contribution in [3.05, 3.63) is 11.6 Å². The first kappa shape index (κ1) is 21.5. The van der Waals surface area contributed by atoms with E-state index in [0.29, 0.717) is 24.2 Å². The average Bonchev–Trinajstić information content (AvgIpc) is 3.09. The Morgan fingerprint density at radius 1 is 1.06 bits per heavy atom. The van der Waals surface area contributed by atoms with Crippen molar-refractivity contribution < 1.29 is 19.1 Å². The van der Waals surface area contributed by atoms with Crippen LogP contribution < -0.4 is 0 Å². The molecule has 0 aromatic heterocycles. The Bertz CT molecular complexity index is 801. The van der Waals surface area contributed by atoms with E-state index in [0.717, 1.165) is 50.9 Å². The number of fused-ring (bicyclic) bond motifs is 5. The van der Waals surface area contributed by atoms with Crippen LogP contribution in [0.2, 0.25) is 0 Å². The Labute approximate surface area is 187 Å². The Morgan fingerprint density at radius 3 is 2.58 bits per heavy atom. The van der Waals surface area contributed by atoms with Crippen LogP contribution in [0.5, 0.6) is 0 Å². The molecule has 4 heteroatoms. The highest BCUT2D eigenvalue weighted by Crippen LogP contribution is 2.66. The van der Waals surface area contributed by atoms with Gasteiger partial charge in [-0.25, -0.2) is 0 Å². The third kappa shape index (κ3) is 3.22. The Kier molecular flexibility index (Phi) is 5.10. The van der Waals surface area contributed by atoms with Gasteiger partial charge in [0, 0.05) is 24.7 Å². The van der Waals surface area contributed by atoms with Gasteiger partial charge in [-0.2, -0.15) is 0 Å². The molecular formula is C27H40O4. The number of esters is 2. The van der Waals surface area contributed by atoms with Crippen LogP contribution in [0.25, 0.3) is 0 Å². The number of allylic oxidation sites excluding steroid dienone is 1. The topological polar surface area (TPSA) is 52.6 Å². The van der Waals surface area contributed by atoms with Gasteiger partial charge in [0.25, 0.3) is 0 Å². The van der Waals surface area contributed by atoms with Gasteiger partial charge in [0.15, 0.2) is 0 Å². The number of carbonyl (C=O) groups is 2. The molecule has 4 fully saturated rings. The maximum absolute atomic E-state index is 12.2. The summed E-state index contributed by atoms with van der Waals surface area (Å²) in [6.45, 7) is 8.86. The monoisotopic (exact) mass is 428 g/mol. The van der Waals surface area contributed by atoms with E-state index in [1.54, 1.807) is 12.5 Å². The van der Waals surface area contributed by atoms with E-state index in [4.69, 9.17) is 9.47 Å². The van der Waals surface area contributed by atoms with Gasteiger partial charge in [0.1, 0.15) is 11.7 Å². The van der Waals surface area contributed by atoms with Crippen molar-refractivity contribution in [2.24, 2.45) is 34.5 Å². The second-order valence-electron chi connectivity index (χ2n) is 12.0. The van der Waals surface area contributed by atoms with Gasteiger partial charge in [-0.3, -0.25) is 9.59 Å². The molecule has 1 saturated heterocycles. The molecule has 4 aliphatic carbocycles. The minimum Gasteiger partial charge on any atom is -0.458 e. The van der Waals surface area contributed by atoms with Crippen molar-refractivity contribution in [1.82, 2.24) is 0 Å². The molecule has 31 heavy (non-hydrogen) atoms. The Balaban J connectivity index is 1.52. The maximum Gasteiger partial charge on any atom is 0.306 e. The largest absolute Gasteiger partial charge is 0.458 e. The molecule has 7 unspecified atom stereocenters. The molecule has 5 aliphatic rings. The zero-order valence-electron chi connectivity index (χ0n) is 19.9. The van der Waals surface area contributed by atoms with Gasteiger partial charge in [0.05, 0.1) is 0 Å². The van der Waals surface area contributed by atoms with E-state index in [-0.39, 0.29) is 34.5 Å². The highest BCUT2D eigenvalue weighted by Gasteiger charge is 2.64. The molecular weight excluding hydrogens is 388 g/mol. The highest BCUT2D eigenvalue weighted by atomic mass is 16.6. The molecule has 8 atom stereocenters. The van der Waals surface area contributed by atoms with Crippen LogP contribution in [0.1, 0.15) is 98.3 Å². The summed E-state index contributed by atoms with van der Waals surface area (Å²) in [6, 6.07) is 0. The maximum atomic E-state index is 12.2. The first-order valence-electron chi connectivity index (χ1n) is 12.8. The minimum absolute atomic E-state index is 0.00463. The molecule has 4 nitrogen and oxygen atoms in total. The first-order chi connectivity index (χ1) is 14.7. The van der Waals surface area contributed by atoms with E-state index >= 15 is 0 Å². The predicted molar refractivity (Wildman–Crippen MR) is 119 cm³/mol. The van der Waals surface area contributed by atoms with Crippen molar-refractivity contribution in [3.63, 3.8) is 0 Å². The average molecular weight is 429 g/mol. The summed E-state index contributed by atoms with van der Waals surface area (Å²) in [7, 11) is 0. The molecule has 1 aliphatic heterocycles. The van der Waals surface area contributed by atoms with Gasteiger partial charge in [-0.1, -0.05) is 26.3 Å². The van der Waals surface area contributed by atoms with E-state index in [1.165, 1.54) is 19.3 Å². The van der Waals surface area contributed by atoms with Crippen LogP contribution in [-0.2, 0) is 19.1 Å². The van der Waals surface area contributed by atoms with Crippen LogP contribution in [0.15, 0.2) is 11.6 Å². The van der Waals surface area contributed by atoms with Crippen molar-refractivity contribution in [3.8, 4) is 0 Å². The SMILES string of the molecule is CC(=O)O[C@H]1C=C2CCC(C)CCC2(C)C2CCC3(C)C(CCC34CCC(=O)O4)CC21. The molecule has 5 rings (SSSR count). The molecule has 3 saturated carbocycles. The lowest BCUT2D eigenvalue weighted by Crippen LogP contribution is -2.45. The zero-order chi connectivity index (χ0) is 22.0. The van der Waals surface area contributed by atoms with Crippen LogP contribution >= 0.6 is 0 Å². The quantitative estimate of drug-likeness (QED) is 0.381. The van der Waals surface area contributed by atoms with Gasteiger partial charge in [0.2, 0.25) is 0 Å². The fraction of sp³-hybridized carbons (Fsp3) is 0.852. The normalized spacial score (nSPS) is 49.2. The summed E-state index contributed by atoms with van der Waals surface area (Å²) in [4.78, 5) is 24.2. The first-order valence-corrected chi connectivity index (χ1v) is 12.8. The second kappa shape index (κ2) is 7.35. The van der Waals surface area contributed by atoms with Crippen LogP contribution in [0.4, 0.5) is 0 Å². The lowest BCUT2D eigenvalue weighted by atomic mass is 9.57. The van der Waals surface area contributed by atoms with E-state index in [2.05, 4.69) is 26.8 Å². The summed E-state index contributed by atoms with van der Waals surface area (Å²) < 4.78 is 12.1. The van der Waals surface area contributed by atoms with E-state index in [9.17, 15) is 9.59 Å². The Hall–Kier alpha value is -1.32. The van der Waals surface area contributed by atoms with Crippen molar-refractivity contribution in [1.29, 1.82) is 0 Å². The molecule has 1 heterocycles. The lowest BCUT2D eigenvalue weighted by molar-refractivity contribution is -0.159. The summed E-state index contributed by atoms with van der Waals surface area (Å²) in [6.07, 6.45) is 14.1. The summed E-state index contributed by atoms with van der Waals surface area (Å²) in [5.74, 6) is 2.05. The van der Waals surface area contributed by atoms with Gasteiger partial charge < -0.3 is 9.47 Å². The zero-order valence-corrected chi connectivity index (χ0v) is 19.9. The number of hydrogen-bond donors (Lipinski definition) is 0. The van der Waals surface area contributed by atoms with Gasteiger partial charge in [-0.15, -0.1) is 0 Å². The smallest absolute Gasteiger partial charge is 0.306 e. The van der Waals surface area contributed by atoms with Crippen molar-refractivity contribution >= 4 is 11.9 Å². The standard InChI is InChI=1S/C27H40O4/c1-17-5-6-19-16-23(30-18(2)28)21-15-20-8-13-27(14-10-24(29)31-27)26(20,4)12-9-22(21)25(19,3)11-7-17/h16-17,20-23H,5-15H2,1-4H3/t17?,20?,21?,22?,23-,25?,26?,27?/m0/s1. The number of carbonyl (C=O) groups excluding carboxylic acids is 2. The van der Waals surface area contributed by atoms with E-state index < -0.39 is 0 Å². The third-order valence-corrected chi connectivity index (χ3v) is 10.6. The second-order valence-corrected chi connectivity index (χ2v) is 12.0.